The number of likely N-dealkylation sites (N-methyl/N-ethyl adjacent to an activating group) is 1. The van der Waals surface area contributed by atoms with Gasteiger partial charge in [0.2, 0.25) is 0 Å². The van der Waals surface area contributed by atoms with E-state index in [9.17, 15) is 0 Å². The van der Waals surface area contributed by atoms with Gasteiger partial charge in [-0.2, -0.15) is 0 Å². The van der Waals surface area contributed by atoms with Gasteiger partial charge in [-0.25, -0.2) is 0 Å². The Labute approximate surface area is 115 Å². The van der Waals surface area contributed by atoms with Crippen LogP contribution in [-0.4, -0.2) is 42.2 Å². The van der Waals surface area contributed by atoms with Crippen LogP contribution in [0.4, 0.5) is 0 Å². The van der Waals surface area contributed by atoms with Crippen LogP contribution in [-0.2, 0) is 16.1 Å². The summed E-state index contributed by atoms with van der Waals surface area (Å²) in [4.78, 5) is 11.4. The predicted octanol–water partition coefficient (Wildman–Crippen LogP) is 2.39. The van der Waals surface area contributed by atoms with Crippen molar-refractivity contribution in [3.63, 3.8) is 0 Å². The molecule has 0 aromatic heterocycles. The zero-order valence-corrected chi connectivity index (χ0v) is 11.7. The maximum Gasteiger partial charge on any atom is 0.300 e. The van der Waals surface area contributed by atoms with E-state index < -0.39 is 5.97 Å². The molecule has 1 fully saturated rings. The second-order valence-corrected chi connectivity index (χ2v) is 4.80. The van der Waals surface area contributed by atoms with Crippen LogP contribution in [0.1, 0.15) is 25.3 Å². The highest BCUT2D eigenvalue weighted by molar-refractivity contribution is 5.62. The topological polar surface area (TPSA) is 49.8 Å². The van der Waals surface area contributed by atoms with Crippen molar-refractivity contribution in [2.24, 2.45) is 0 Å². The van der Waals surface area contributed by atoms with Crippen molar-refractivity contribution >= 4 is 5.97 Å². The van der Waals surface area contributed by atoms with Gasteiger partial charge in [-0.15, -0.1) is 0 Å². The normalized spacial score (nSPS) is 18.7. The number of carboxylic acid groups (broad SMARTS) is 1. The fourth-order valence-corrected chi connectivity index (χ4v) is 2.08. The van der Waals surface area contributed by atoms with E-state index in [4.69, 9.17) is 14.6 Å². The molecule has 1 aliphatic rings. The maximum atomic E-state index is 9.00. The molecule has 1 heterocycles. The molecular weight excluding hydrogens is 242 g/mol. The minimum Gasteiger partial charge on any atom is -0.481 e. The highest BCUT2D eigenvalue weighted by atomic mass is 16.5. The first-order valence-corrected chi connectivity index (χ1v) is 6.61. The molecule has 0 amide bonds. The quantitative estimate of drug-likeness (QED) is 0.908. The Bertz CT molecular complexity index is 363. The van der Waals surface area contributed by atoms with Crippen molar-refractivity contribution in [2.45, 2.75) is 32.4 Å². The fourth-order valence-electron chi connectivity index (χ4n) is 2.08. The monoisotopic (exact) mass is 265 g/mol. The maximum absolute atomic E-state index is 9.00. The minimum atomic E-state index is -0.833. The molecule has 106 valence electrons. The van der Waals surface area contributed by atoms with Crippen molar-refractivity contribution in [3.05, 3.63) is 35.9 Å². The van der Waals surface area contributed by atoms with E-state index in [2.05, 4.69) is 36.2 Å². The summed E-state index contributed by atoms with van der Waals surface area (Å²) in [7, 11) is 2.18. The molecule has 1 unspecified atom stereocenters. The lowest BCUT2D eigenvalue weighted by Crippen LogP contribution is -2.29. The van der Waals surface area contributed by atoms with Gasteiger partial charge in [-0.05, 0) is 32.0 Å². The number of carboxylic acids is 1. The van der Waals surface area contributed by atoms with Gasteiger partial charge in [0, 0.05) is 13.0 Å². The number of rotatable bonds is 4. The number of carbonyl (C=O) groups is 1. The molecule has 1 aliphatic heterocycles. The second kappa shape index (κ2) is 8.67. The Morgan fingerprint density at radius 2 is 2.05 bits per heavy atom. The number of aliphatic carboxylic acids is 1. The zero-order chi connectivity index (χ0) is 14.1. The molecule has 0 aliphatic carbocycles. The van der Waals surface area contributed by atoms with Crippen LogP contribution in [0.15, 0.2) is 30.3 Å². The van der Waals surface area contributed by atoms with Crippen molar-refractivity contribution in [3.8, 4) is 0 Å². The molecule has 1 aromatic rings. The SMILES string of the molecule is CC(=O)O.CN1CCCC1COCc1ccccc1. The van der Waals surface area contributed by atoms with Crippen molar-refractivity contribution in [1.29, 1.82) is 0 Å². The van der Waals surface area contributed by atoms with Gasteiger partial charge in [0.05, 0.1) is 13.2 Å². The van der Waals surface area contributed by atoms with E-state index >= 15 is 0 Å². The van der Waals surface area contributed by atoms with Crippen LogP contribution in [0.2, 0.25) is 0 Å². The van der Waals surface area contributed by atoms with Crippen molar-refractivity contribution in [2.75, 3.05) is 20.2 Å². The molecule has 1 N–H and O–H groups in total. The van der Waals surface area contributed by atoms with Crippen LogP contribution in [0, 0.1) is 0 Å². The average molecular weight is 265 g/mol. The number of benzene rings is 1. The van der Waals surface area contributed by atoms with E-state index in [1.807, 2.05) is 6.07 Å². The lowest BCUT2D eigenvalue weighted by molar-refractivity contribution is -0.134. The third-order valence-electron chi connectivity index (χ3n) is 3.09. The number of ether oxygens (including phenoxy) is 1. The Morgan fingerprint density at radius 3 is 2.58 bits per heavy atom. The molecule has 1 atom stereocenters. The summed E-state index contributed by atoms with van der Waals surface area (Å²) in [5.41, 5.74) is 1.26. The third kappa shape index (κ3) is 6.94. The minimum absolute atomic E-state index is 0.633. The molecule has 0 bridgehead atoms. The number of likely N-dealkylation sites (tertiary alicyclic amines) is 1. The predicted molar refractivity (Wildman–Crippen MR) is 75.1 cm³/mol. The first kappa shape index (κ1) is 15.7. The van der Waals surface area contributed by atoms with E-state index in [0.29, 0.717) is 6.04 Å². The standard InChI is InChI=1S/C13H19NO.C2H4O2/c1-14-9-5-8-13(14)11-15-10-12-6-3-2-4-7-12;1-2(3)4/h2-4,6-7,13H,5,8-11H2,1H3;1H3,(H,3,4). The molecule has 4 heteroatoms. The van der Waals surface area contributed by atoms with Crippen LogP contribution in [0.25, 0.3) is 0 Å². The van der Waals surface area contributed by atoms with Crippen molar-refractivity contribution < 1.29 is 14.6 Å². The Balaban J connectivity index is 0.000000399. The highest BCUT2D eigenvalue weighted by Crippen LogP contribution is 2.15. The lowest BCUT2D eigenvalue weighted by Gasteiger charge is -2.19. The molecule has 1 aromatic carbocycles. The lowest BCUT2D eigenvalue weighted by atomic mass is 10.2. The van der Waals surface area contributed by atoms with Crippen molar-refractivity contribution in [1.82, 2.24) is 4.90 Å². The highest BCUT2D eigenvalue weighted by Gasteiger charge is 2.20. The van der Waals surface area contributed by atoms with Crippen LogP contribution >= 0.6 is 0 Å². The first-order valence-electron chi connectivity index (χ1n) is 6.61. The average Bonchev–Trinajstić information content (AvgIpc) is 2.76. The second-order valence-electron chi connectivity index (χ2n) is 4.80. The van der Waals surface area contributed by atoms with Gasteiger partial charge in [0.25, 0.3) is 5.97 Å². The molecule has 19 heavy (non-hydrogen) atoms. The number of hydrogen-bond donors (Lipinski definition) is 1. The smallest absolute Gasteiger partial charge is 0.300 e. The van der Waals surface area contributed by atoms with Gasteiger partial charge in [-0.1, -0.05) is 30.3 Å². The van der Waals surface area contributed by atoms with Crippen LogP contribution in [0.3, 0.4) is 0 Å². The summed E-state index contributed by atoms with van der Waals surface area (Å²) in [6, 6.07) is 11.0. The molecule has 2 rings (SSSR count). The van der Waals surface area contributed by atoms with Crippen LogP contribution in [0.5, 0.6) is 0 Å². The summed E-state index contributed by atoms with van der Waals surface area (Å²) in [5.74, 6) is -0.833. The molecule has 0 radical (unpaired) electrons. The molecule has 0 saturated carbocycles. The van der Waals surface area contributed by atoms with Gasteiger partial charge in [-0.3, -0.25) is 4.79 Å². The third-order valence-corrected chi connectivity index (χ3v) is 3.09. The molecule has 0 spiro atoms. The Kier molecular flexibility index (Phi) is 7.15. The summed E-state index contributed by atoms with van der Waals surface area (Å²) in [5, 5.41) is 7.42. The Morgan fingerprint density at radius 1 is 1.42 bits per heavy atom. The summed E-state index contributed by atoms with van der Waals surface area (Å²) in [6.07, 6.45) is 2.60. The van der Waals surface area contributed by atoms with E-state index in [-0.39, 0.29) is 0 Å². The van der Waals surface area contributed by atoms with Gasteiger partial charge in [0.1, 0.15) is 0 Å². The molecule has 4 nitrogen and oxygen atoms in total. The number of nitrogens with zero attached hydrogens (tertiary/aromatic N) is 1. The number of hydrogen-bond acceptors (Lipinski definition) is 3. The van der Waals surface area contributed by atoms with E-state index in [1.54, 1.807) is 0 Å². The summed E-state index contributed by atoms with van der Waals surface area (Å²) < 4.78 is 5.73. The Hall–Kier alpha value is -1.39. The fraction of sp³-hybridized carbons (Fsp3) is 0.533. The zero-order valence-electron chi connectivity index (χ0n) is 11.7. The van der Waals surface area contributed by atoms with E-state index in [1.165, 1.54) is 24.9 Å². The van der Waals surface area contributed by atoms with Gasteiger partial charge < -0.3 is 14.7 Å². The summed E-state index contributed by atoms with van der Waals surface area (Å²) >= 11 is 0. The first-order chi connectivity index (χ1) is 9.09. The largest absolute Gasteiger partial charge is 0.481 e. The molecule has 1 saturated heterocycles. The van der Waals surface area contributed by atoms with Crippen LogP contribution < -0.4 is 0 Å². The van der Waals surface area contributed by atoms with Gasteiger partial charge >= 0.3 is 0 Å². The van der Waals surface area contributed by atoms with E-state index in [0.717, 1.165) is 20.1 Å². The molecular formula is C15H23NO3. The summed E-state index contributed by atoms with van der Waals surface area (Å²) in [6.45, 7) is 3.91. The van der Waals surface area contributed by atoms with Gasteiger partial charge in [0.15, 0.2) is 0 Å².